The quantitative estimate of drug-likeness (QED) is 0.738. The zero-order valence-electron chi connectivity index (χ0n) is 14.0. The number of carbonyl (C=O) groups is 1. The van der Waals surface area contributed by atoms with Crippen molar-refractivity contribution in [1.29, 1.82) is 0 Å². The Labute approximate surface area is 149 Å². The molecule has 0 saturated heterocycles. The predicted molar refractivity (Wildman–Crippen MR) is 99.2 cm³/mol. The molecule has 0 radical (unpaired) electrons. The number of hydrogen-bond donors (Lipinski definition) is 2. The molecule has 1 aliphatic carbocycles. The highest BCUT2D eigenvalue weighted by Gasteiger charge is 2.25. The molecule has 25 heavy (non-hydrogen) atoms. The summed E-state index contributed by atoms with van der Waals surface area (Å²) in [5.41, 5.74) is 2.01. The van der Waals surface area contributed by atoms with Crippen molar-refractivity contribution < 1.29 is 9.90 Å². The van der Waals surface area contributed by atoms with Crippen LogP contribution in [0.25, 0.3) is 10.2 Å². The van der Waals surface area contributed by atoms with Crippen molar-refractivity contribution in [1.82, 2.24) is 9.97 Å². The molecule has 0 amide bonds. The molecule has 6 heteroatoms. The molecule has 1 aliphatic rings. The lowest BCUT2D eigenvalue weighted by atomic mass is 9.97. The van der Waals surface area contributed by atoms with Gasteiger partial charge in [0.25, 0.3) is 0 Å². The Balaban J connectivity index is 1.82. The molecule has 0 saturated carbocycles. The smallest absolute Gasteiger partial charge is 0.330 e. The Bertz CT molecular complexity index is 937. The van der Waals surface area contributed by atoms with Crippen molar-refractivity contribution in [2.24, 2.45) is 0 Å². The minimum Gasteiger partial charge on any atom is -0.479 e. The summed E-state index contributed by atoms with van der Waals surface area (Å²) in [6, 6.07) is 8.38. The first-order chi connectivity index (χ1) is 12.1. The van der Waals surface area contributed by atoms with Crippen LogP contribution in [0.3, 0.4) is 0 Å². The van der Waals surface area contributed by atoms with Crippen LogP contribution in [-0.2, 0) is 17.6 Å². The van der Waals surface area contributed by atoms with Crippen molar-refractivity contribution in [3.8, 4) is 0 Å². The number of hydrogen-bond acceptors (Lipinski definition) is 5. The van der Waals surface area contributed by atoms with E-state index in [1.807, 2.05) is 37.3 Å². The maximum absolute atomic E-state index is 11.8. The molecule has 0 bridgehead atoms. The van der Waals surface area contributed by atoms with Crippen LogP contribution in [0.1, 0.15) is 40.7 Å². The fourth-order valence-corrected chi connectivity index (χ4v) is 4.75. The summed E-state index contributed by atoms with van der Waals surface area (Å²) in [7, 11) is 0. The van der Waals surface area contributed by atoms with E-state index in [0.29, 0.717) is 17.2 Å². The zero-order valence-corrected chi connectivity index (χ0v) is 14.8. The number of carboxylic acid groups (broad SMARTS) is 1. The Kier molecular flexibility index (Phi) is 4.13. The fraction of sp³-hybridized carbons (Fsp3) is 0.316. The van der Waals surface area contributed by atoms with Gasteiger partial charge in [-0.3, -0.25) is 0 Å². The van der Waals surface area contributed by atoms with Crippen LogP contribution in [0.15, 0.2) is 30.3 Å². The number of thiophene rings is 1. The number of benzene rings is 1. The Hall–Kier alpha value is -2.47. The van der Waals surface area contributed by atoms with Gasteiger partial charge in [-0.1, -0.05) is 30.3 Å². The Morgan fingerprint density at radius 1 is 1.20 bits per heavy atom. The second kappa shape index (κ2) is 6.44. The number of aryl methyl sites for hydroxylation is 3. The van der Waals surface area contributed by atoms with Crippen molar-refractivity contribution >= 4 is 33.3 Å². The van der Waals surface area contributed by atoms with Gasteiger partial charge in [0, 0.05) is 4.88 Å². The van der Waals surface area contributed by atoms with Gasteiger partial charge in [-0.2, -0.15) is 0 Å². The van der Waals surface area contributed by atoms with E-state index in [-0.39, 0.29) is 0 Å². The monoisotopic (exact) mass is 353 g/mol. The highest BCUT2D eigenvalue weighted by atomic mass is 32.1. The second-order valence-corrected chi connectivity index (χ2v) is 7.42. The van der Waals surface area contributed by atoms with E-state index in [2.05, 4.69) is 15.3 Å². The number of aromatic nitrogens is 2. The van der Waals surface area contributed by atoms with E-state index in [1.54, 1.807) is 11.3 Å². The lowest BCUT2D eigenvalue weighted by Crippen LogP contribution is -2.21. The van der Waals surface area contributed by atoms with Gasteiger partial charge in [-0.25, -0.2) is 14.8 Å². The summed E-state index contributed by atoms with van der Waals surface area (Å²) in [4.78, 5) is 23.3. The van der Waals surface area contributed by atoms with Gasteiger partial charge in [0.2, 0.25) is 0 Å². The van der Waals surface area contributed by atoms with Gasteiger partial charge in [-0.15, -0.1) is 11.3 Å². The molecule has 0 spiro atoms. The van der Waals surface area contributed by atoms with Crippen LogP contribution in [0.5, 0.6) is 0 Å². The zero-order chi connectivity index (χ0) is 17.4. The maximum atomic E-state index is 11.8. The largest absolute Gasteiger partial charge is 0.479 e. The average molecular weight is 353 g/mol. The van der Waals surface area contributed by atoms with E-state index in [1.165, 1.54) is 16.9 Å². The number of nitrogens with one attached hydrogen (secondary N) is 1. The first-order valence-electron chi connectivity index (χ1n) is 8.46. The summed E-state index contributed by atoms with van der Waals surface area (Å²) < 4.78 is 0. The number of nitrogens with zero attached hydrogens (tertiary/aromatic N) is 2. The number of fused-ring (bicyclic) bond motifs is 3. The summed E-state index contributed by atoms with van der Waals surface area (Å²) in [5.74, 6) is 0.378. The molecule has 128 valence electrons. The number of rotatable bonds is 4. The molecule has 4 rings (SSSR count). The van der Waals surface area contributed by atoms with Gasteiger partial charge < -0.3 is 10.4 Å². The Morgan fingerprint density at radius 3 is 2.72 bits per heavy atom. The number of aliphatic carboxylic acids is 1. The lowest BCUT2D eigenvalue weighted by molar-refractivity contribution is -0.138. The molecule has 1 aromatic carbocycles. The van der Waals surface area contributed by atoms with E-state index in [9.17, 15) is 9.90 Å². The molecular formula is C19H19N3O2S. The van der Waals surface area contributed by atoms with Crippen LogP contribution in [0.2, 0.25) is 0 Å². The molecule has 5 nitrogen and oxygen atoms in total. The molecule has 0 fully saturated rings. The first-order valence-corrected chi connectivity index (χ1v) is 9.28. The molecule has 2 aromatic heterocycles. The fourth-order valence-electron chi connectivity index (χ4n) is 3.44. The molecule has 3 aromatic rings. The first kappa shape index (κ1) is 16.0. The van der Waals surface area contributed by atoms with Gasteiger partial charge in [0.15, 0.2) is 6.04 Å². The van der Waals surface area contributed by atoms with Crippen LogP contribution in [-0.4, -0.2) is 21.0 Å². The van der Waals surface area contributed by atoms with Crippen molar-refractivity contribution in [3.63, 3.8) is 0 Å². The van der Waals surface area contributed by atoms with Crippen LogP contribution < -0.4 is 5.32 Å². The maximum Gasteiger partial charge on any atom is 0.330 e. The number of anilines is 1. The predicted octanol–water partition coefficient (Wildman–Crippen LogP) is 4.12. The third kappa shape index (κ3) is 2.98. The normalized spacial score (nSPS) is 14.9. The molecule has 1 unspecified atom stereocenters. The topological polar surface area (TPSA) is 75.1 Å². The summed E-state index contributed by atoms with van der Waals surface area (Å²) in [5, 5.41) is 13.9. The number of carboxylic acids is 1. The van der Waals surface area contributed by atoms with E-state index >= 15 is 0 Å². The molecule has 2 N–H and O–H groups in total. The van der Waals surface area contributed by atoms with E-state index < -0.39 is 12.0 Å². The van der Waals surface area contributed by atoms with Crippen LogP contribution in [0.4, 0.5) is 5.82 Å². The average Bonchev–Trinajstić information content (AvgIpc) is 2.98. The van der Waals surface area contributed by atoms with Crippen molar-refractivity contribution in [2.45, 2.75) is 38.6 Å². The van der Waals surface area contributed by atoms with Gasteiger partial charge in [-0.05, 0) is 43.7 Å². The van der Waals surface area contributed by atoms with E-state index in [4.69, 9.17) is 0 Å². The van der Waals surface area contributed by atoms with Gasteiger partial charge >= 0.3 is 5.97 Å². The van der Waals surface area contributed by atoms with Crippen LogP contribution >= 0.6 is 11.3 Å². The Morgan fingerprint density at radius 2 is 1.96 bits per heavy atom. The SMILES string of the molecule is Cc1nc(NC(C(=O)O)c2ccccc2)c2c3c(sc2n1)CCCC3. The molecule has 0 aliphatic heterocycles. The lowest BCUT2D eigenvalue weighted by Gasteiger charge is -2.18. The van der Waals surface area contributed by atoms with Crippen molar-refractivity contribution in [2.75, 3.05) is 5.32 Å². The highest BCUT2D eigenvalue weighted by Crippen LogP contribution is 2.39. The summed E-state index contributed by atoms with van der Waals surface area (Å²) in [6.45, 7) is 1.85. The van der Waals surface area contributed by atoms with Gasteiger partial charge in [0.05, 0.1) is 5.39 Å². The summed E-state index contributed by atoms with van der Waals surface area (Å²) >= 11 is 1.72. The third-order valence-corrected chi connectivity index (χ3v) is 5.77. The summed E-state index contributed by atoms with van der Waals surface area (Å²) in [6.07, 6.45) is 4.46. The standard InChI is InChI=1S/C19H19N3O2S/c1-11-20-17(22-16(19(23)24)12-7-3-2-4-8-12)15-13-9-5-6-10-14(13)25-18(15)21-11/h2-4,7-8,16H,5-6,9-10H2,1H3,(H,23,24)(H,20,21,22). The van der Waals surface area contributed by atoms with Crippen molar-refractivity contribution in [3.05, 3.63) is 52.2 Å². The molecule has 2 heterocycles. The minimum atomic E-state index is -0.917. The highest BCUT2D eigenvalue weighted by molar-refractivity contribution is 7.19. The van der Waals surface area contributed by atoms with Crippen LogP contribution in [0, 0.1) is 6.92 Å². The third-order valence-electron chi connectivity index (χ3n) is 4.59. The minimum absolute atomic E-state index is 0.637. The molecule has 1 atom stereocenters. The van der Waals surface area contributed by atoms with E-state index in [0.717, 1.165) is 29.5 Å². The van der Waals surface area contributed by atoms with Gasteiger partial charge in [0.1, 0.15) is 16.5 Å². The molecular weight excluding hydrogens is 334 g/mol. The second-order valence-electron chi connectivity index (χ2n) is 6.34.